The molecule has 1 fully saturated rings. The number of morpholine rings is 1. The molecule has 162 valence electrons. The molecule has 1 N–H and O–H groups in total. The molecule has 3 aromatic rings. The van der Waals surface area contributed by atoms with Gasteiger partial charge in [0, 0.05) is 19.6 Å². The lowest BCUT2D eigenvalue weighted by Gasteiger charge is -2.26. The number of para-hydroxylation sites is 2. The normalized spacial score (nSPS) is 15.1. The van der Waals surface area contributed by atoms with E-state index in [1.54, 1.807) is 30.3 Å². The fourth-order valence-electron chi connectivity index (χ4n) is 3.39. The zero-order chi connectivity index (χ0) is 21.8. The number of rotatable bonds is 6. The number of fused-ring (bicyclic) bond motifs is 1. The monoisotopic (exact) mass is 442 g/mol. The number of hydrogen-bond acceptors (Lipinski definition) is 6. The zero-order valence-corrected chi connectivity index (χ0v) is 17.5. The molecule has 0 saturated carbocycles. The van der Waals surface area contributed by atoms with Crippen molar-refractivity contribution in [2.75, 3.05) is 26.3 Å². The molecule has 1 saturated heterocycles. The molecule has 1 aliphatic rings. The van der Waals surface area contributed by atoms with Crippen LogP contribution < -0.4 is 10.9 Å². The van der Waals surface area contributed by atoms with Crippen molar-refractivity contribution in [2.24, 2.45) is 0 Å². The van der Waals surface area contributed by atoms with Crippen LogP contribution in [0, 0.1) is 0 Å². The van der Waals surface area contributed by atoms with Gasteiger partial charge in [-0.25, -0.2) is 13.4 Å². The van der Waals surface area contributed by atoms with E-state index in [2.05, 4.69) is 10.3 Å². The van der Waals surface area contributed by atoms with E-state index in [1.807, 2.05) is 6.07 Å². The lowest BCUT2D eigenvalue weighted by molar-refractivity contribution is -0.121. The Bertz CT molecular complexity index is 1250. The van der Waals surface area contributed by atoms with Crippen molar-refractivity contribution in [3.63, 3.8) is 0 Å². The van der Waals surface area contributed by atoms with Crippen LogP contribution in [-0.4, -0.2) is 54.5 Å². The summed E-state index contributed by atoms with van der Waals surface area (Å²) in [7, 11) is -3.55. The smallest absolute Gasteiger partial charge is 0.269 e. The Morgan fingerprint density at radius 3 is 2.52 bits per heavy atom. The molecule has 2 heterocycles. The van der Waals surface area contributed by atoms with E-state index in [0.29, 0.717) is 37.3 Å². The number of amides is 1. The summed E-state index contributed by atoms with van der Waals surface area (Å²) in [4.78, 5) is 28.9. The minimum atomic E-state index is -3.55. The van der Waals surface area contributed by atoms with Crippen molar-refractivity contribution in [2.45, 2.75) is 18.0 Å². The van der Waals surface area contributed by atoms with E-state index in [-0.39, 0.29) is 29.5 Å². The number of aromatic nitrogens is 2. The maximum atomic E-state index is 12.7. The van der Waals surface area contributed by atoms with E-state index in [0.717, 1.165) is 5.56 Å². The van der Waals surface area contributed by atoms with Crippen LogP contribution in [0.4, 0.5) is 0 Å². The lowest BCUT2D eigenvalue weighted by atomic mass is 10.2. The number of benzene rings is 2. The number of ether oxygens (including phenoxy) is 1. The van der Waals surface area contributed by atoms with Gasteiger partial charge in [-0.2, -0.15) is 4.31 Å². The maximum Gasteiger partial charge on any atom is 0.269 e. The van der Waals surface area contributed by atoms with Crippen molar-refractivity contribution >= 4 is 27.0 Å². The lowest BCUT2D eigenvalue weighted by Crippen LogP contribution is -2.40. The third-order valence-electron chi connectivity index (χ3n) is 5.08. The van der Waals surface area contributed by atoms with Crippen molar-refractivity contribution in [3.8, 4) is 0 Å². The number of sulfonamides is 1. The molecule has 0 radical (unpaired) electrons. The molecule has 10 heteroatoms. The summed E-state index contributed by atoms with van der Waals surface area (Å²) in [5.41, 5.74) is 1.61. The van der Waals surface area contributed by atoms with Gasteiger partial charge in [0.25, 0.3) is 5.56 Å². The van der Waals surface area contributed by atoms with Crippen molar-refractivity contribution < 1.29 is 17.9 Å². The second-order valence-electron chi connectivity index (χ2n) is 7.11. The summed E-state index contributed by atoms with van der Waals surface area (Å²) in [6.07, 6.45) is 1.20. The van der Waals surface area contributed by atoms with Crippen LogP contribution in [0.1, 0.15) is 5.56 Å². The van der Waals surface area contributed by atoms with E-state index >= 15 is 0 Å². The predicted octanol–water partition coefficient (Wildman–Crippen LogP) is 0.734. The molecular weight excluding hydrogens is 420 g/mol. The first-order valence-corrected chi connectivity index (χ1v) is 11.3. The molecule has 31 heavy (non-hydrogen) atoms. The second kappa shape index (κ2) is 8.96. The summed E-state index contributed by atoms with van der Waals surface area (Å²) >= 11 is 0. The first kappa shape index (κ1) is 21.2. The first-order valence-electron chi connectivity index (χ1n) is 9.83. The zero-order valence-electron chi connectivity index (χ0n) is 16.7. The second-order valence-corrected chi connectivity index (χ2v) is 9.05. The van der Waals surface area contributed by atoms with Crippen molar-refractivity contribution in [1.29, 1.82) is 0 Å². The predicted molar refractivity (Wildman–Crippen MR) is 114 cm³/mol. The highest BCUT2D eigenvalue weighted by Crippen LogP contribution is 2.17. The minimum Gasteiger partial charge on any atom is -0.379 e. The summed E-state index contributed by atoms with van der Waals surface area (Å²) in [6, 6.07) is 13.5. The van der Waals surface area contributed by atoms with Crippen LogP contribution in [0.15, 0.2) is 64.4 Å². The topological polar surface area (TPSA) is 111 Å². The Hall–Kier alpha value is -3.08. The van der Waals surface area contributed by atoms with E-state index in [4.69, 9.17) is 4.74 Å². The molecule has 1 aromatic heterocycles. The summed E-state index contributed by atoms with van der Waals surface area (Å²) in [5.74, 6) is -0.330. The molecule has 0 bridgehead atoms. The number of carbonyl (C=O) groups excluding carboxylic acids is 1. The highest BCUT2D eigenvalue weighted by atomic mass is 32.2. The van der Waals surface area contributed by atoms with Gasteiger partial charge in [-0.15, -0.1) is 0 Å². The molecule has 9 nitrogen and oxygen atoms in total. The minimum absolute atomic E-state index is 0.134. The number of nitrogens with one attached hydrogen (secondary N) is 1. The van der Waals surface area contributed by atoms with Gasteiger partial charge in [-0.1, -0.05) is 24.3 Å². The molecule has 0 spiro atoms. The van der Waals surface area contributed by atoms with E-state index in [1.165, 1.54) is 27.2 Å². The summed E-state index contributed by atoms with van der Waals surface area (Å²) in [6.45, 7) is 1.53. The van der Waals surface area contributed by atoms with E-state index in [9.17, 15) is 18.0 Å². The molecule has 2 aromatic carbocycles. The van der Waals surface area contributed by atoms with Gasteiger partial charge >= 0.3 is 0 Å². The van der Waals surface area contributed by atoms with Crippen molar-refractivity contribution in [3.05, 3.63) is 70.6 Å². The fourth-order valence-corrected chi connectivity index (χ4v) is 4.80. The molecule has 0 aliphatic carbocycles. The van der Waals surface area contributed by atoms with Crippen molar-refractivity contribution in [1.82, 2.24) is 19.2 Å². The molecule has 1 amide bonds. The standard InChI is InChI=1S/C21H22N4O5S/c26-20(15-25-19-4-2-1-3-18(19)22-14-21(25)27)23-13-16-5-7-17(8-6-16)31(28,29)24-9-11-30-12-10-24/h1-8,14H,9-13,15H2,(H,23,26). The largest absolute Gasteiger partial charge is 0.379 e. The van der Waals surface area contributed by atoms with Crippen LogP contribution in [0.3, 0.4) is 0 Å². The Balaban J connectivity index is 1.40. The van der Waals surface area contributed by atoms with Gasteiger partial charge in [0.05, 0.1) is 35.3 Å². The SMILES string of the molecule is O=C(Cn1c(=O)cnc2ccccc21)NCc1ccc(S(=O)(=O)N2CCOCC2)cc1. The van der Waals surface area contributed by atoms with Crippen LogP contribution in [-0.2, 0) is 32.6 Å². The highest BCUT2D eigenvalue weighted by molar-refractivity contribution is 7.89. The Labute approximate surface area is 179 Å². The fraction of sp³-hybridized carbons (Fsp3) is 0.286. The number of carbonyl (C=O) groups is 1. The average Bonchev–Trinajstić information content (AvgIpc) is 2.80. The van der Waals surface area contributed by atoms with Crippen LogP contribution >= 0.6 is 0 Å². The summed E-state index contributed by atoms with van der Waals surface area (Å²) < 4.78 is 33.3. The van der Waals surface area contributed by atoms with Crippen LogP contribution in [0.5, 0.6) is 0 Å². The van der Waals surface area contributed by atoms with Gasteiger partial charge < -0.3 is 10.1 Å². The van der Waals surface area contributed by atoms with Crippen LogP contribution in [0.2, 0.25) is 0 Å². The van der Waals surface area contributed by atoms with Gasteiger partial charge in [0.15, 0.2) is 0 Å². The molecule has 1 aliphatic heterocycles. The van der Waals surface area contributed by atoms with Gasteiger partial charge in [-0.3, -0.25) is 14.2 Å². The third-order valence-corrected chi connectivity index (χ3v) is 6.99. The maximum absolute atomic E-state index is 12.7. The number of hydrogen-bond donors (Lipinski definition) is 1. The average molecular weight is 442 g/mol. The molecular formula is C21H22N4O5S. The Morgan fingerprint density at radius 1 is 1.06 bits per heavy atom. The highest BCUT2D eigenvalue weighted by Gasteiger charge is 2.26. The van der Waals surface area contributed by atoms with Crippen LogP contribution in [0.25, 0.3) is 11.0 Å². The third kappa shape index (κ3) is 4.66. The Kier molecular flexibility index (Phi) is 6.12. The molecule has 0 unspecified atom stereocenters. The van der Waals surface area contributed by atoms with Gasteiger partial charge in [-0.05, 0) is 29.8 Å². The molecule has 0 atom stereocenters. The number of nitrogens with zero attached hydrogens (tertiary/aromatic N) is 3. The van der Waals surface area contributed by atoms with E-state index < -0.39 is 10.0 Å². The summed E-state index contributed by atoms with van der Waals surface area (Å²) in [5, 5.41) is 2.77. The quantitative estimate of drug-likeness (QED) is 0.603. The first-order chi connectivity index (χ1) is 14.9. The van der Waals surface area contributed by atoms with Gasteiger partial charge in [0.2, 0.25) is 15.9 Å². The Morgan fingerprint density at radius 2 is 1.77 bits per heavy atom. The van der Waals surface area contributed by atoms with Gasteiger partial charge in [0.1, 0.15) is 6.54 Å². The molecule has 4 rings (SSSR count).